The first-order chi connectivity index (χ1) is 18.6. The predicted octanol–water partition coefficient (Wildman–Crippen LogP) is 4.19. The van der Waals surface area contributed by atoms with E-state index in [1.54, 1.807) is 18.5 Å². The highest BCUT2D eigenvalue weighted by Gasteiger charge is 2.33. The molecule has 210 valence electrons. The van der Waals surface area contributed by atoms with Crippen LogP contribution in [0.3, 0.4) is 0 Å². The zero-order chi connectivity index (χ0) is 28.4. The van der Waals surface area contributed by atoms with Gasteiger partial charge in [0.05, 0.1) is 12.5 Å². The third-order valence-corrected chi connectivity index (χ3v) is 6.14. The van der Waals surface area contributed by atoms with Crippen molar-refractivity contribution in [3.63, 3.8) is 0 Å². The number of aliphatic hydroxyl groups excluding tert-OH is 1. The molecular formula is C28H36FN5O5. The molecule has 0 aliphatic heterocycles. The highest BCUT2D eigenvalue weighted by Crippen LogP contribution is 2.27. The smallest absolute Gasteiger partial charge is 0.407 e. The maximum absolute atomic E-state index is 13.2. The summed E-state index contributed by atoms with van der Waals surface area (Å²) in [5.74, 6) is -0.507. The molecule has 39 heavy (non-hydrogen) atoms. The molecule has 0 saturated carbocycles. The Bertz CT molecular complexity index is 1200. The number of hydrogen-bond acceptors (Lipinski definition) is 8. The lowest BCUT2D eigenvalue weighted by Gasteiger charge is -2.31. The van der Waals surface area contributed by atoms with Crippen LogP contribution in [0.1, 0.15) is 58.4 Å². The molecule has 3 atom stereocenters. The Morgan fingerprint density at radius 3 is 2.54 bits per heavy atom. The van der Waals surface area contributed by atoms with E-state index >= 15 is 0 Å². The number of nitrogens with one attached hydrogen (secondary N) is 2. The number of hydrogen-bond donors (Lipinski definition) is 3. The highest BCUT2D eigenvalue weighted by molar-refractivity contribution is 5.82. The van der Waals surface area contributed by atoms with Crippen LogP contribution < -0.4 is 10.6 Å². The van der Waals surface area contributed by atoms with Crippen LogP contribution in [-0.2, 0) is 22.5 Å². The fourth-order valence-corrected chi connectivity index (χ4v) is 3.76. The lowest BCUT2D eigenvalue weighted by molar-refractivity contribution is -0.131. The Kier molecular flexibility index (Phi) is 10.5. The average Bonchev–Trinajstić information content (AvgIpc) is 3.38. The molecule has 2 amide bonds. The summed E-state index contributed by atoms with van der Waals surface area (Å²) in [5.41, 5.74) is 0.850. The fourth-order valence-electron chi connectivity index (χ4n) is 3.76. The number of ether oxygens (including phenoxy) is 1. The second kappa shape index (κ2) is 13.8. The number of amides is 2. The number of aliphatic hydroxyl groups is 1. The quantitative estimate of drug-likeness (QED) is 0.310. The number of carbonyl (C=O) groups excluding carboxylic acids is 2. The van der Waals surface area contributed by atoms with E-state index in [2.05, 4.69) is 25.8 Å². The summed E-state index contributed by atoms with van der Waals surface area (Å²) < 4.78 is 24.7. The summed E-state index contributed by atoms with van der Waals surface area (Å²) >= 11 is 0. The van der Waals surface area contributed by atoms with E-state index in [0.717, 1.165) is 12.0 Å². The first-order valence-electron chi connectivity index (χ1n) is 13.0. The second-order valence-corrected chi connectivity index (χ2v) is 10.4. The van der Waals surface area contributed by atoms with Crippen molar-refractivity contribution in [3.05, 3.63) is 66.1 Å². The molecule has 0 spiro atoms. The topological polar surface area (TPSA) is 139 Å². The number of benzene rings is 1. The zero-order valence-corrected chi connectivity index (χ0v) is 22.7. The molecule has 2 aromatic heterocycles. The van der Waals surface area contributed by atoms with E-state index < -0.39 is 35.7 Å². The van der Waals surface area contributed by atoms with Crippen molar-refractivity contribution in [1.29, 1.82) is 0 Å². The molecule has 3 N–H and O–H groups in total. The molecule has 0 bridgehead atoms. The van der Waals surface area contributed by atoms with Gasteiger partial charge in [0, 0.05) is 24.5 Å². The molecule has 2 heterocycles. The molecular weight excluding hydrogens is 505 g/mol. The van der Waals surface area contributed by atoms with Gasteiger partial charge in [-0.15, -0.1) is 10.2 Å². The molecule has 11 heteroatoms. The maximum Gasteiger partial charge on any atom is 0.407 e. The molecule has 0 aliphatic carbocycles. The van der Waals surface area contributed by atoms with Gasteiger partial charge in [-0.2, -0.15) is 0 Å². The van der Waals surface area contributed by atoms with E-state index in [1.165, 1.54) is 24.3 Å². The van der Waals surface area contributed by atoms with E-state index in [4.69, 9.17) is 9.15 Å². The molecule has 3 aromatic rings. The first-order valence-corrected chi connectivity index (χ1v) is 13.0. The van der Waals surface area contributed by atoms with E-state index in [-0.39, 0.29) is 30.6 Å². The molecule has 0 saturated heterocycles. The van der Waals surface area contributed by atoms with Gasteiger partial charge in [0.2, 0.25) is 11.8 Å². The Morgan fingerprint density at radius 2 is 1.90 bits per heavy atom. The minimum absolute atomic E-state index is 0.138. The number of nitrogens with zero attached hydrogens (tertiary/aromatic N) is 3. The summed E-state index contributed by atoms with van der Waals surface area (Å²) in [6.07, 6.45) is 2.37. The number of carbonyl (C=O) groups is 2. The lowest BCUT2D eigenvalue weighted by Crippen LogP contribution is -2.51. The van der Waals surface area contributed by atoms with E-state index in [1.807, 2.05) is 33.8 Å². The summed E-state index contributed by atoms with van der Waals surface area (Å²) in [7, 11) is 0. The van der Waals surface area contributed by atoms with Crippen LogP contribution >= 0.6 is 0 Å². The van der Waals surface area contributed by atoms with Crippen molar-refractivity contribution in [1.82, 2.24) is 25.8 Å². The molecule has 0 unspecified atom stereocenters. The van der Waals surface area contributed by atoms with Crippen molar-refractivity contribution < 1.29 is 28.2 Å². The monoisotopic (exact) mass is 541 g/mol. The van der Waals surface area contributed by atoms with Crippen LogP contribution in [0.5, 0.6) is 0 Å². The van der Waals surface area contributed by atoms with Crippen LogP contribution in [0.2, 0.25) is 0 Å². The van der Waals surface area contributed by atoms with Gasteiger partial charge < -0.3 is 24.9 Å². The van der Waals surface area contributed by atoms with Crippen LogP contribution in [0, 0.1) is 11.2 Å². The van der Waals surface area contributed by atoms with Gasteiger partial charge in [0.25, 0.3) is 5.91 Å². The third kappa shape index (κ3) is 9.13. The standard InChI is InChI=1S/C28H36FN5O5/c1-5-6-9-21(24(35)25(36)31-17-18-8-7-14-30-16-18)32-27(37)38-22(28(2,3)4)15-23-33-34-26(39-23)19-10-12-20(29)13-11-19/h7-8,10-14,16,21-22,24,35H,5-6,9,15,17H2,1-4H3,(H,31,36)(H,32,37)/t21-,22+,24-/m0/s1. The molecule has 0 fully saturated rings. The van der Waals surface area contributed by atoms with Gasteiger partial charge in [0.1, 0.15) is 11.9 Å². The molecule has 0 aliphatic rings. The minimum atomic E-state index is -1.47. The van der Waals surface area contributed by atoms with Crippen LogP contribution in [0.25, 0.3) is 11.5 Å². The zero-order valence-electron chi connectivity index (χ0n) is 22.7. The summed E-state index contributed by atoms with van der Waals surface area (Å²) in [5, 5.41) is 24.2. The fraction of sp³-hybridized carbons (Fsp3) is 0.464. The summed E-state index contributed by atoms with van der Waals surface area (Å²) in [4.78, 5) is 29.6. The van der Waals surface area contributed by atoms with Crippen molar-refractivity contribution >= 4 is 12.0 Å². The predicted molar refractivity (Wildman–Crippen MR) is 142 cm³/mol. The second-order valence-electron chi connectivity index (χ2n) is 10.4. The Hall–Kier alpha value is -3.86. The Balaban J connectivity index is 1.63. The normalized spacial score (nSPS) is 13.8. The number of unbranched alkanes of at least 4 members (excludes halogenated alkanes) is 1. The average molecular weight is 542 g/mol. The SMILES string of the molecule is CCCC[C@H](NC(=O)O[C@H](Cc1nnc(-c2ccc(F)cc2)o1)C(C)(C)C)[C@H](O)C(=O)NCc1cccnc1. The largest absolute Gasteiger partial charge is 0.445 e. The van der Waals surface area contributed by atoms with Gasteiger partial charge >= 0.3 is 6.09 Å². The lowest BCUT2D eigenvalue weighted by atomic mass is 9.87. The van der Waals surface area contributed by atoms with Gasteiger partial charge in [-0.25, -0.2) is 9.18 Å². The number of rotatable bonds is 12. The van der Waals surface area contributed by atoms with E-state index in [0.29, 0.717) is 18.4 Å². The van der Waals surface area contributed by atoms with Gasteiger partial charge in [0.15, 0.2) is 6.10 Å². The Labute approximate surface area is 227 Å². The van der Waals surface area contributed by atoms with Crippen LogP contribution in [-0.4, -0.2) is 50.5 Å². The minimum Gasteiger partial charge on any atom is -0.445 e. The van der Waals surface area contributed by atoms with Gasteiger partial charge in [-0.05, 0) is 47.7 Å². The highest BCUT2D eigenvalue weighted by atomic mass is 19.1. The molecule has 3 rings (SSSR count). The third-order valence-electron chi connectivity index (χ3n) is 6.14. The van der Waals surface area contributed by atoms with Gasteiger partial charge in [-0.3, -0.25) is 9.78 Å². The number of aromatic nitrogens is 3. The summed E-state index contributed by atoms with van der Waals surface area (Å²) in [6, 6.07) is 8.38. The molecule has 10 nitrogen and oxygen atoms in total. The maximum atomic E-state index is 13.2. The number of alkyl carbamates (subject to hydrolysis) is 1. The van der Waals surface area contributed by atoms with Crippen molar-refractivity contribution in [2.45, 2.75) is 78.2 Å². The van der Waals surface area contributed by atoms with Gasteiger partial charge in [-0.1, -0.05) is 46.6 Å². The number of halogens is 1. The Morgan fingerprint density at radius 1 is 1.15 bits per heavy atom. The van der Waals surface area contributed by atoms with Crippen molar-refractivity contribution in [3.8, 4) is 11.5 Å². The summed E-state index contributed by atoms with van der Waals surface area (Å²) in [6.45, 7) is 7.88. The van der Waals surface area contributed by atoms with E-state index in [9.17, 15) is 19.1 Å². The molecule has 1 aromatic carbocycles. The first kappa shape index (κ1) is 29.7. The number of pyridine rings is 1. The van der Waals surface area contributed by atoms with Crippen LogP contribution in [0.15, 0.2) is 53.2 Å². The molecule has 0 radical (unpaired) electrons. The van der Waals surface area contributed by atoms with Crippen molar-refractivity contribution in [2.75, 3.05) is 0 Å². The van der Waals surface area contributed by atoms with Crippen LogP contribution in [0.4, 0.5) is 9.18 Å². The van der Waals surface area contributed by atoms with Crippen molar-refractivity contribution in [2.24, 2.45) is 5.41 Å².